The second-order valence-electron chi connectivity index (χ2n) is 5.76. The molecular weight excluding hydrogens is 338 g/mol. The predicted molar refractivity (Wildman–Crippen MR) is 103 cm³/mol. The van der Waals surface area contributed by atoms with Crippen LogP contribution in [0.15, 0.2) is 42.5 Å². The van der Waals surface area contributed by atoms with Crippen molar-refractivity contribution in [2.45, 2.75) is 26.7 Å². The summed E-state index contributed by atoms with van der Waals surface area (Å²) in [5.74, 6) is -0.289. The molecule has 0 aliphatic rings. The maximum absolute atomic E-state index is 12.1. The SMILES string of the molecule is CCCC(=O)Nc1ccc(Cl)c(NC(=O)CNc2ccc(C)cc2)c1. The van der Waals surface area contributed by atoms with Crippen molar-refractivity contribution in [1.29, 1.82) is 0 Å². The van der Waals surface area contributed by atoms with Gasteiger partial charge in [0.05, 0.1) is 17.3 Å². The van der Waals surface area contributed by atoms with Gasteiger partial charge in [0, 0.05) is 17.8 Å². The Morgan fingerprint density at radius 2 is 1.64 bits per heavy atom. The quantitative estimate of drug-likeness (QED) is 0.684. The summed E-state index contributed by atoms with van der Waals surface area (Å²) in [4.78, 5) is 23.8. The van der Waals surface area contributed by atoms with Gasteiger partial charge in [-0.15, -0.1) is 0 Å². The number of amides is 2. The van der Waals surface area contributed by atoms with Crippen LogP contribution in [0.1, 0.15) is 25.3 Å². The summed E-state index contributed by atoms with van der Waals surface area (Å²) in [6.45, 7) is 4.06. The predicted octanol–water partition coefficient (Wildman–Crippen LogP) is 4.44. The number of hydrogen-bond acceptors (Lipinski definition) is 3. The van der Waals surface area contributed by atoms with Crippen molar-refractivity contribution in [2.24, 2.45) is 0 Å². The molecule has 0 atom stereocenters. The fourth-order valence-electron chi connectivity index (χ4n) is 2.20. The van der Waals surface area contributed by atoms with E-state index in [0.717, 1.165) is 17.7 Å². The molecule has 25 heavy (non-hydrogen) atoms. The van der Waals surface area contributed by atoms with Crippen molar-refractivity contribution in [3.63, 3.8) is 0 Å². The number of nitrogens with one attached hydrogen (secondary N) is 3. The van der Waals surface area contributed by atoms with E-state index in [1.165, 1.54) is 0 Å². The molecule has 5 nitrogen and oxygen atoms in total. The van der Waals surface area contributed by atoms with Crippen LogP contribution in [0.25, 0.3) is 0 Å². The minimum Gasteiger partial charge on any atom is -0.376 e. The molecule has 2 aromatic carbocycles. The van der Waals surface area contributed by atoms with E-state index < -0.39 is 0 Å². The monoisotopic (exact) mass is 359 g/mol. The van der Waals surface area contributed by atoms with Crippen LogP contribution in [0.4, 0.5) is 17.1 Å². The van der Waals surface area contributed by atoms with Gasteiger partial charge in [-0.1, -0.05) is 36.2 Å². The summed E-state index contributed by atoms with van der Waals surface area (Å²) in [6.07, 6.45) is 1.22. The lowest BCUT2D eigenvalue weighted by molar-refractivity contribution is -0.116. The molecule has 0 aliphatic heterocycles. The van der Waals surface area contributed by atoms with Crippen molar-refractivity contribution in [2.75, 3.05) is 22.5 Å². The van der Waals surface area contributed by atoms with Crippen LogP contribution in [-0.4, -0.2) is 18.4 Å². The molecule has 0 aliphatic carbocycles. The Morgan fingerprint density at radius 3 is 2.32 bits per heavy atom. The number of aryl methyl sites for hydroxylation is 1. The first-order valence-corrected chi connectivity index (χ1v) is 8.55. The fourth-order valence-corrected chi connectivity index (χ4v) is 2.36. The molecule has 132 valence electrons. The first-order valence-electron chi connectivity index (χ1n) is 8.17. The molecule has 0 radical (unpaired) electrons. The highest BCUT2D eigenvalue weighted by atomic mass is 35.5. The van der Waals surface area contributed by atoms with Gasteiger partial charge in [-0.2, -0.15) is 0 Å². The first kappa shape index (κ1) is 18.8. The number of anilines is 3. The molecule has 0 heterocycles. The molecule has 2 amide bonds. The third-order valence-electron chi connectivity index (χ3n) is 3.51. The molecule has 0 bridgehead atoms. The molecule has 2 aromatic rings. The number of rotatable bonds is 7. The smallest absolute Gasteiger partial charge is 0.243 e. The summed E-state index contributed by atoms with van der Waals surface area (Å²) in [5.41, 5.74) is 3.09. The van der Waals surface area contributed by atoms with Gasteiger partial charge in [-0.3, -0.25) is 9.59 Å². The zero-order chi connectivity index (χ0) is 18.2. The Labute approximate surface area is 152 Å². The topological polar surface area (TPSA) is 70.2 Å². The van der Waals surface area contributed by atoms with E-state index >= 15 is 0 Å². The van der Waals surface area contributed by atoms with Gasteiger partial charge < -0.3 is 16.0 Å². The molecule has 0 aromatic heterocycles. The Bertz CT molecular complexity index is 745. The second-order valence-corrected chi connectivity index (χ2v) is 6.17. The van der Waals surface area contributed by atoms with Gasteiger partial charge in [0.2, 0.25) is 11.8 Å². The number of carbonyl (C=O) groups excluding carboxylic acids is 2. The molecule has 2 rings (SSSR count). The van der Waals surface area contributed by atoms with E-state index in [-0.39, 0.29) is 18.4 Å². The molecule has 0 saturated carbocycles. The number of halogens is 1. The van der Waals surface area contributed by atoms with Crippen LogP contribution in [0.5, 0.6) is 0 Å². The summed E-state index contributed by atoms with van der Waals surface area (Å²) >= 11 is 6.12. The van der Waals surface area contributed by atoms with Crippen LogP contribution in [-0.2, 0) is 9.59 Å². The van der Waals surface area contributed by atoms with Gasteiger partial charge in [0.1, 0.15) is 0 Å². The van der Waals surface area contributed by atoms with Crippen molar-refractivity contribution < 1.29 is 9.59 Å². The van der Waals surface area contributed by atoms with Crippen LogP contribution < -0.4 is 16.0 Å². The average molecular weight is 360 g/mol. The average Bonchev–Trinajstić information content (AvgIpc) is 2.57. The fraction of sp³-hybridized carbons (Fsp3) is 0.263. The molecule has 0 unspecified atom stereocenters. The van der Waals surface area contributed by atoms with E-state index in [1.54, 1.807) is 18.2 Å². The molecule has 0 spiro atoms. The van der Waals surface area contributed by atoms with Gasteiger partial charge in [0.25, 0.3) is 0 Å². The lowest BCUT2D eigenvalue weighted by Crippen LogP contribution is -2.22. The molecular formula is C19H22ClN3O2. The lowest BCUT2D eigenvalue weighted by Gasteiger charge is -2.11. The summed E-state index contributed by atoms with van der Waals surface area (Å²) in [6, 6.07) is 12.8. The van der Waals surface area contributed by atoms with Crippen LogP contribution in [0, 0.1) is 6.92 Å². The first-order chi connectivity index (χ1) is 12.0. The highest BCUT2D eigenvalue weighted by molar-refractivity contribution is 6.33. The van der Waals surface area contributed by atoms with Gasteiger partial charge in [-0.25, -0.2) is 0 Å². The van der Waals surface area contributed by atoms with Crippen molar-refractivity contribution in [3.8, 4) is 0 Å². The van der Waals surface area contributed by atoms with Crippen LogP contribution in [0.3, 0.4) is 0 Å². The zero-order valence-electron chi connectivity index (χ0n) is 14.4. The van der Waals surface area contributed by atoms with E-state index in [0.29, 0.717) is 22.8 Å². The van der Waals surface area contributed by atoms with Crippen molar-refractivity contribution in [1.82, 2.24) is 0 Å². The maximum Gasteiger partial charge on any atom is 0.243 e. The Balaban J connectivity index is 1.94. The normalized spacial score (nSPS) is 10.2. The highest BCUT2D eigenvalue weighted by Gasteiger charge is 2.08. The molecule has 0 fully saturated rings. The lowest BCUT2D eigenvalue weighted by atomic mass is 10.2. The maximum atomic E-state index is 12.1. The minimum atomic E-state index is -0.223. The number of benzene rings is 2. The third-order valence-corrected chi connectivity index (χ3v) is 3.84. The highest BCUT2D eigenvalue weighted by Crippen LogP contribution is 2.25. The third kappa shape index (κ3) is 6.12. The second kappa shape index (κ2) is 9.08. The standard InChI is InChI=1S/C19H22ClN3O2/c1-3-4-18(24)22-15-9-10-16(20)17(11-15)23-19(25)12-21-14-7-5-13(2)6-8-14/h5-11,21H,3-4,12H2,1-2H3,(H,22,24)(H,23,25). The van der Waals surface area contributed by atoms with E-state index in [4.69, 9.17) is 11.6 Å². The van der Waals surface area contributed by atoms with Crippen molar-refractivity contribution in [3.05, 3.63) is 53.1 Å². The minimum absolute atomic E-state index is 0.0665. The molecule has 3 N–H and O–H groups in total. The van der Waals surface area contributed by atoms with E-state index in [1.807, 2.05) is 38.1 Å². The van der Waals surface area contributed by atoms with Crippen molar-refractivity contribution >= 4 is 40.5 Å². The Kier molecular flexibility index (Phi) is 6.83. The largest absolute Gasteiger partial charge is 0.376 e. The Hall–Kier alpha value is -2.53. The number of carbonyl (C=O) groups is 2. The van der Waals surface area contributed by atoms with Gasteiger partial charge in [0.15, 0.2) is 0 Å². The number of hydrogen-bond donors (Lipinski definition) is 3. The van der Waals surface area contributed by atoms with Crippen LogP contribution in [0.2, 0.25) is 5.02 Å². The summed E-state index contributed by atoms with van der Waals surface area (Å²) in [5, 5.41) is 9.00. The Morgan fingerprint density at radius 1 is 0.960 bits per heavy atom. The summed E-state index contributed by atoms with van der Waals surface area (Å²) < 4.78 is 0. The van der Waals surface area contributed by atoms with Crippen LogP contribution >= 0.6 is 11.6 Å². The van der Waals surface area contributed by atoms with Gasteiger partial charge >= 0.3 is 0 Å². The van der Waals surface area contributed by atoms with Gasteiger partial charge in [-0.05, 0) is 43.7 Å². The molecule has 6 heteroatoms. The van der Waals surface area contributed by atoms with E-state index in [2.05, 4.69) is 16.0 Å². The van der Waals surface area contributed by atoms with E-state index in [9.17, 15) is 9.59 Å². The molecule has 0 saturated heterocycles. The zero-order valence-corrected chi connectivity index (χ0v) is 15.1. The summed E-state index contributed by atoms with van der Waals surface area (Å²) in [7, 11) is 0.